The van der Waals surface area contributed by atoms with Crippen LogP contribution in [-0.2, 0) is 9.53 Å². The molecule has 0 bridgehead atoms. The van der Waals surface area contributed by atoms with Gasteiger partial charge in [0, 0.05) is 56.1 Å². The first-order valence-corrected chi connectivity index (χ1v) is 10.3. The lowest BCUT2D eigenvalue weighted by molar-refractivity contribution is -0.126. The number of hydrogen-bond donors (Lipinski definition) is 1. The molecule has 2 aromatic rings. The molecule has 1 saturated heterocycles. The van der Waals surface area contributed by atoms with Gasteiger partial charge in [0.1, 0.15) is 0 Å². The fourth-order valence-electron chi connectivity index (χ4n) is 3.53. The summed E-state index contributed by atoms with van der Waals surface area (Å²) in [4.78, 5) is 31.5. The van der Waals surface area contributed by atoms with Gasteiger partial charge < -0.3 is 15.0 Å². The number of aromatic nitrogens is 1. The molecule has 3 rings (SSSR count). The Morgan fingerprint density at radius 2 is 1.93 bits per heavy atom. The number of carbonyl (C=O) groups is 2. The van der Waals surface area contributed by atoms with Crippen LogP contribution in [0.5, 0.6) is 0 Å². The van der Waals surface area contributed by atoms with E-state index < -0.39 is 0 Å². The van der Waals surface area contributed by atoms with Crippen LogP contribution < -0.4 is 5.32 Å². The van der Waals surface area contributed by atoms with E-state index in [1.807, 2.05) is 48.2 Å². The van der Waals surface area contributed by atoms with E-state index in [4.69, 9.17) is 4.74 Å². The van der Waals surface area contributed by atoms with Gasteiger partial charge >= 0.3 is 0 Å². The first-order valence-electron chi connectivity index (χ1n) is 10.3. The monoisotopic (exact) mass is 395 g/mol. The summed E-state index contributed by atoms with van der Waals surface area (Å²) in [7, 11) is 0. The molecule has 2 heterocycles. The SMILES string of the molecule is CCOCCCNC(=O)C1CCN(C(=O)c2ccnc(-c3ccccc3)c2)CC1. The number of amides is 2. The smallest absolute Gasteiger partial charge is 0.253 e. The maximum Gasteiger partial charge on any atom is 0.253 e. The lowest BCUT2D eigenvalue weighted by Gasteiger charge is -2.31. The van der Waals surface area contributed by atoms with Crippen molar-refractivity contribution in [2.45, 2.75) is 26.2 Å². The van der Waals surface area contributed by atoms with E-state index in [1.54, 1.807) is 12.3 Å². The molecule has 2 amide bonds. The average Bonchev–Trinajstić information content (AvgIpc) is 2.79. The highest BCUT2D eigenvalue weighted by atomic mass is 16.5. The van der Waals surface area contributed by atoms with Crippen molar-refractivity contribution in [2.24, 2.45) is 5.92 Å². The minimum absolute atomic E-state index is 0.000142. The number of nitrogens with zero attached hydrogens (tertiary/aromatic N) is 2. The molecule has 29 heavy (non-hydrogen) atoms. The molecule has 1 N–H and O–H groups in total. The molecule has 0 saturated carbocycles. The normalized spacial score (nSPS) is 14.6. The van der Waals surface area contributed by atoms with Crippen LogP contribution in [0.2, 0.25) is 0 Å². The second-order valence-electron chi connectivity index (χ2n) is 7.20. The first kappa shape index (κ1) is 21.0. The van der Waals surface area contributed by atoms with Gasteiger partial charge in [-0.2, -0.15) is 0 Å². The highest BCUT2D eigenvalue weighted by Gasteiger charge is 2.27. The van der Waals surface area contributed by atoms with Crippen molar-refractivity contribution in [1.29, 1.82) is 0 Å². The number of rotatable bonds is 8. The number of benzene rings is 1. The Balaban J connectivity index is 1.51. The summed E-state index contributed by atoms with van der Waals surface area (Å²) >= 11 is 0. The minimum Gasteiger partial charge on any atom is -0.382 e. The van der Waals surface area contributed by atoms with Crippen molar-refractivity contribution in [1.82, 2.24) is 15.2 Å². The molecular formula is C23H29N3O3. The molecule has 0 radical (unpaired) electrons. The molecule has 1 aromatic heterocycles. The minimum atomic E-state index is -0.0246. The van der Waals surface area contributed by atoms with Crippen LogP contribution in [0.4, 0.5) is 0 Å². The molecule has 1 aliphatic heterocycles. The predicted octanol–water partition coefficient (Wildman–Crippen LogP) is 3.14. The zero-order valence-corrected chi connectivity index (χ0v) is 17.0. The number of piperidine rings is 1. The fraction of sp³-hybridized carbons (Fsp3) is 0.435. The zero-order chi connectivity index (χ0) is 20.5. The average molecular weight is 396 g/mol. The van der Waals surface area contributed by atoms with E-state index in [0.29, 0.717) is 51.3 Å². The Kier molecular flexibility index (Phi) is 7.76. The maximum atomic E-state index is 12.9. The third-order valence-electron chi connectivity index (χ3n) is 5.20. The molecule has 6 nitrogen and oxygen atoms in total. The lowest BCUT2D eigenvalue weighted by Crippen LogP contribution is -2.43. The molecular weight excluding hydrogens is 366 g/mol. The Morgan fingerprint density at radius 1 is 1.17 bits per heavy atom. The third-order valence-corrected chi connectivity index (χ3v) is 5.20. The van der Waals surface area contributed by atoms with Gasteiger partial charge in [-0.05, 0) is 38.3 Å². The third kappa shape index (κ3) is 5.87. The van der Waals surface area contributed by atoms with Gasteiger partial charge in [0.15, 0.2) is 0 Å². The molecule has 6 heteroatoms. The molecule has 0 spiro atoms. The molecule has 1 fully saturated rings. The van der Waals surface area contributed by atoms with Crippen LogP contribution in [0.3, 0.4) is 0 Å². The summed E-state index contributed by atoms with van der Waals surface area (Å²) in [5.74, 6) is 0.0625. The molecule has 0 atom stereocenters. The summed E-state index contributed by atoms with van der Waals surface area (Å²) in [6, 6.07) is 13.4. The van der Waals surface area contributed by atoms with Gasteiger partial charge in [0.05, 0.1) is 5.69 Å². The highest BCUT2D eigenvalue weighted by molar-refractivity contribution is 5.95. The summed E-state index contributed by atoms with van der Waals surface area (Å²) in [5.41, 5.74) is 2.41. The number of hydrogen-bond acceptors (Lipinski definition) is 4. The summed E-state index contributed by atoms with van der Waals surface area (Å²) in [6.45, 7) is 5.16. The van der Waals surface area contributed by atoms with Crippen molar-refractivity contribution >= 4 is 11.8 Å². The molecule has 1 aliphatic rings. The number of ether oxygens (including phenoxy) is 1. The number of likely N-dealkylation sites (tertiary alicyclic amines) is 1. The van der Waals surface area contributed by atoms with E-state index in [1.165, 1.54) is 0 Å². The summed E-state index contributed by atoms with van der Waals surface area (Å²) < 4.78 is 5.28. The Labute approximate surface area is 172 Å². The van der Waals surface area contributed by atoms with Crippen molar-refractivity contribution in [2.75, 3.05) is 32.8 Å². The van der Waals surface area contributed by atoms with Crippen LogP contribution in [0, 0.1) is 5.92 Å². The highest BCUT2D eigenvalue weighted by Crippen LogP contribution is 2.22. The van der Waals surface area contributed by atoms with Crippen molar-refractivity contribution in [3.8, 4) is 11.3 Å². The van der Waals surface area contributed by atoms with Gasteiger partial charge in [0.25, 0.3) is 5.91 Å². The molecule has 0 aliphatic carbocycles. The Hall–Kier alpha value is -2.73. The molecule has 154 valence electrons. The van der Waals surface area contributed by atoms with E-state index in [9.17, 15) is 9.59 Å². The van der Waals surface area contributed by atoms with Gasteiger partial charge in [0.2, 0.25) is 5.91 Å². The summed E-state index contributed by atoms with van der Waals surface area (Å²) in [5, 5.41) is 2.98. The van der Waals surface area contributed by atoms with Gasteiger partial charge in [-0.15, -0.1) is 0 Å². The van der Waals surface area contributed by atoms with Crippen molar-refractivity contribution < 1.29 is 14.3 Å². The topological polar surface area (TPSA) is 71.5 Å². The standard InChI is InChI=1S/C23H29N3O3/c1-2-29-16-6-12-25-22(27)19-10-14-26(15-11-19)23(28)20-9-13-24-21(17-20)18-7-4-3-5-8-18/h3-5,7-9,13,17,19H,2,6,10-12,14-16H2,1H3,(H,25,27). The van der Waals surface area contributed by atoms with Gasteiger partial charge in [-0.3, -0.25) is 14.6 Å². The lowest BCUT2D eigenvalue weighted by atomic mass is 9.95. The van der Waals surface area contributed by atoms with Crippen molar-refractivity contribution in [3.05, 3.63) is 54.2 Å². The first-order chi connectivity index (χ1) is 14.2. The molecule has 1 aromatic carbocycles. The maximum absolute atomic E-state index is 12.9. The van der Waals surface area contributed by atoms with Gasteiger partial charge in [-0.25, -0.2) is 0 Å². The van der Waals surface area contributed by atoms with E-state index >= 15 is 0 Å². The zero-order valence-electron chi connectivity index (χ0n) is 17.0. The quantitative estimate of drug-likeness (QED) is 0.697. The van der Waals surface area contributed by atoms with Crippen LogP contribution in [0.25, 0.3) is 11.3 Å². The fourth-order valence-corrected chi connectivity index (χ4v) is 3.53. The van der Waals surface area contributed by atoms with Crippen LogP contribution >= 0.6 is 0 Å². The van der Waals surface area contributed by atoms with Crippen LogP contribution in [0.1, 0.15) is 36.5 Å². The Bertz CT molecular complexity index is 802. The van der Waals surface area contributed by atoms with E-state index in [2.05, 4.69) is 10.3 Å². The molecule has 0 unspecified atom stereocenters. The Morgan fingerprint density at radius 3 is 2.66 bits per heavy atom. The largest absolute Gasteiger partial charge is 0.382 e. The predicted molar refractivity (Wildman–Crippen MR) is 112 cm³/mol. The van der Waals surface area contributed by atoms with Crippen molar-refractivity contribution in [3.63, 3.8) is 0 Å². The van der Waals surface area contributed by atoms with Gasteiger partial charge in [-0.1, -0.05) is 30.3 Å². The number of carbonyl (C=O) groups excluding carboxylic acids is 2. The number of pyridine rings is 1. The van der Waals surface area contributed by atoms with Crippen LogP contribution in [0.15, 0.2) is 48.7 Å². The van der Waals surface area contributed by atoms with E-state index in [0.717, 1.165) is 17.7 Å². The second-order valence-corrected chi connectivity index (χ2v) is 7.20. The van der Waals surface area contributed by atoms with E-state index in [-0.39, 0.29) is 17.7 Å². The summed E-state index contributed by atoms with van der Waals surface area (Å²) in [6.07, 6.45) is 3.89. The second kappa shape index (κ2) is 10.7. The van der Waals surface area contributed by atoms with Crippen LogP contribution in [-0.4, -0.2) is 54.5 Å². The number of nitrogens with one attached hydrogen (secondary N) is 1.